The summed E-state index contributed by atoms with van der Waals surface area (Å²) in [5.74, 6) is -1.36. The SMILES string of the molecule is O=C(O)C1C=CCN1C(=O)CCN1Cc2ccccc2C1=O. The topological polar surface area (TPSA) is 77.9 Å². The summed E-state index contributed by atoms with van der Waals surface area (Å²) in [4.78, 5) is 38.4. The summed E-state index contributed by atoms with van der Waals surface area (Å²) in [7, 11) is 0. The van der Waals surface area contributed by atoms with E-state index in [0.29, 0.717) is 25.2 Å². The number of benzene rings is 1. The molecule has 1 unspecified atom stereocenters. The van der Waals surface area contributed by atoms with E-state index in [1.54, 1.807) is 17.0 Å². The molecule has 0 bridgehead atoms. The standard InChI is InChI=1S/C16H16N2O4/c19-14(18-8-3-6-13(18)16(21)22)7-9-17-10-11-4-1-2-5-12(11)15(17)20/h1-6,13H,7-10H2,(H,21,22). The van der Waals surface area contributed by atoms with Crippen LogP contribution in [0.1, 0.15) is 22.3 Å². The van der Waals surface area contributed by atoms with Crippen LogP contribution in [-0.2, 0) is 16.1 Å². The van der Waals surface area contributed by atoms with Gasteiger partial charge in [-0.25, -0.2) is 4.79 Å². The molecule has 2 aliphatic heterocycles. The van der Waals surface area contributed by atoms with Gasteiger partial charge in [-0.05, 0) is 11.6 Å². The van der Waals surface area contributed by atoms with Crippen LogP contribution in [0.25, 0.3) is 0 Å². The molecule has 0 aromatic heterocycles. The average molecular weight is 300 g/mol. The van der Waals surface area contributed by atoms with E-state index >= 15 is 0 Å². The van der Waals surface area contributed by atoms with Gasteiger partial charge in [0.05, 0.1) is 0 Å². The third-order valence-corrected chi connectivity index (χ3v) is 4.02. The summed E-state index contributed by atoms with van der Waals surface area (Å²) in [6.45, 7) is 1.11. The van der Waals surface area contributed by atoms with Gasteiger partial charge in [-0.3, -0.25) is 9.59 Å². The number of hydrogen-bond acceptors (Lipinski definition) is 3. The molecule has 1 aromatic carbocycles. The van der Waals surface area contributed by atoms with Gasteiger partial charge >= 0.3 is 5.97 Å². The number of aliphatic carboxylic acids is 1. The highest BCUT2D eigenvalue weighted by atomic mass is 16.4. The summed E-state index contributed by atoms with van der Waals surface area (Å²) in [5.41, 5.74) is 1.65. The maximum atomic E-state index is 12.2. The maximum Gasteiger partial charge on any atom is 0.330 e. The Balaban J connectivity index is 1.59. The molecule has 2 heterocycles. The summed E-state index contributed by atoms with van der Waals surface area (Å²) >= 11 is 0. The maximum absolute atomic E-state index is 12.2. The van der Waals surface area contributed by atoms with Crippen LogP contribution in [-0.4, -0.2) is 51.8 Å². The van der Waals surface area contributed by atoms with E-state index in [4.69, 9.17) is 5.11 Å². The highest BCUT2D eigenvalue weighted by Crippen LogP contribution is 2.22. The molecule has 0 saturated heterocycles. The van der Waals surface area contributed by atoms with Crippen LogP contribution in [0, 0.1) is 0 Å². The number of carbonyl (C=O) groups is 3. The summed E-state index contributed by atoms with van der Waals surface area (Å²) in [5, 5.41) is 9.06. The van der Waals surface area contributed by atoms with Crippen molar-refractivity contribution >= 4 is 17.8 Å². The fourth-order valence-electron chi connectivity index (χ4n) is 2.86. The lowest BCUT2D eigenvalue weighted by molar-refractivity contribution is -0.147. The fraction of sp³-hybridized carbons (Fsp3) is 0.312. The van der Waals surface area contributed by atoms with Crippen LogP contribution in [0.3, 0.4) is 0 Å². The molecule has 114 valence electrons. The summed E-state index contributed by atoms with van der Waals surface area (Å²) in [6, 6.07) is 6.50. The molecule has 6 nitrogen and oxygen atoms in total. The lowest BCUT2D eigenvalue weighted by Gasteiger charge is -2.23. The van der Waals surface area contributed by atoms with Gasteiger partial charge in [-0.1, -0.05) is 30.4 Å². The minimum Gasteiger partial charge on any atom is -0.479 e. The molecule has 1 N–H and O–H groups in total. The Morgan fingerprint density at radius 3 is 2.77 bits per heavy atom. The largest absolute Gasteiger partial charge is 0.479 e. The molecule has 1 atom stereocenters. The molecular formula is C16H16N2O4. The minimum absolute atomic E-state index is 0.0715. The first-order chi connectivity index (χ1) is 10.6. The molecule has 2 aliphatic rings. The van der Waals surface area contributed by atoms with Gasteiger partial charge in [-0.15, -0.1) is 0 Å². The zero-order valence-corrected chi connectivity index (χ0v) is 11.9. The van der Waals surface area contributed by atoms with Crippen molar-refractivity contribution in [1.29, 1.82) is 0 Å². The number of fused-ring (bicyclic) bond motifs is 1. The number of carboxylic acids is 1. The van der Waals surface area contributed by atoms with Crippen molar-refractivity contribution in [3.05, 3.63) is 47.5 Å². The second kappa shape index (κ2) is 5.63. The normalized spacial score (nSPS) is 19.6. The van der Waals surface area contributed by atoms with Crippen LogP contribution in [0.2, 0.25) is 0 Å². The number of rotatable bonds is 4. The van der Waals surface area contributed by atoms with E-state index in [-0.39, 0.29) is 18.2 Å². The zero-order valence-electron chi connectivity index (χ0n) is 11.9. The van der Waals surface area contributed by atoms with E-state index in [1.807, 2.05) is 18.2 Å². The summed E-state index contributed by atoms with van der Waals surface area (Å²) < 4.78 is 0. The first-order valence-corrected chi connectivity index (χ1v) is 7.14. The quantitative estimate of drug-likeness (QED) is 0.838. The highest BCUT2D eigenvalue weighted by molar-refractivity contribution is 5.98. The Labute approximate surface area is 127 Å². The van der Waals surface area contributed by atoms with Gasteiger partial charge in [0.1, 0.15) is 6.04 Å². The van der Waals surface area contributed by atoms with Gasteiger partial charge in [0, 0.05) is 31.6 Å². The molecule has 0 radical (unpaired) electrons. The van der Waals surface area contributed by atoms with E-state index < -0.39 is 12.0 Å². The van der Waals surface area contributed by atoms with Crippen molar-refractivity contribution < 1.29 is 19.5 Å². The van der Waals surface area contributed by atoms with Crippen molar-refractivity contribution in [2.45, 2.75) is 19.0 Å². The van der Waals surface area contributed by atoms with Crippen molar-refractivity contribution in [2.24, 2.45) is 0 Å². The average Bonchev–Trinajstić information content (AvgIpc) is 3.11. The van der Waals surface area contributed by atoms with Crippen molar-refractivity contribution in [3.63, 3.8) is 0 Å². The lowest BCUT2D eigenvalue weighted by atomic mass is 10.1. The summed E-state index contributed by atoms with van der Waals surface area (Å²) in [6.07, 6.45) is 3.32. The molecule has 0 aliphatic carbocycles. The third kappa shape index (κ3) is 2.47. The Morgan fingerprint density at radius 1 is 1.27 bits per heavy atom. The van der Waals surface area contributed by atoms with Crippen molar-refractivity contribution in [3.8, 4) is 0 Å². The van der Waals surface area contributed by atoms with E-state index in [9.17, 15) is 14.4 Å². The molecule has 22 heavy (non-hydrogen) atoms. The highest BCUT2D eigenvalue weighted by Gasteiger charge is 2.31. The van der Waals surface area contributed by atoms with Crippen LogP contribution < -0.4 is 0 Å². The van der Waals surface area contributed by atoms with Gasteiger partial charge < -0.3 is 14.9 Å². The monoisotopic (exact) mass is 300 g/mol. The number of nitrogens with zero attached hydrogens (tertiary/aromatic N) is 2. The lowest BCUT2D eigenvalue weighted by Crippen LogP contribution is -2.42. The fourth-order valence-corrected chi connectivity index (χ4v) is 2.86. The molecule has 3 rings (SSSR count). The molecule has 0 saturated carbocycles. The number of carbonyl (C=O) groups excluding carboxylic acids is 2. The predicted octanol–water partition coefficient (Wildman–Crippen LogP) is 0.884. The van der Waals surface area contributed by atoms with Crippen LogP contribution >= 0.6 is 0 Å². The second-order valence-electron chi connectivity index (χ2n) is 5.39. The number of hydrogen-bond donors (Lipinski definition) is 1. The van der Waals surface area contributed by atoms with E-state index in [1.165, 1.54) is 11.0 Å². The zero-order chi connectivity index (χ0) is 15.7. The molecule has 0 fully saturated rings. The van der Waals surface area contributed by atoms with Crippen LogP contribution in [0.5, 0.6) is 0 Å². The second-order valence-corrected chi connectivity index (χ2v) is 5.39. The third-order valence-electron chi connectivity index (χ3n) is 4.02. The Hall–Kier alpha value is -2.63. The number of amides is 2. The Kier molecular flexibility index (Phi) is 3.66. The molecule has 1 aromatic rings. The molecule has 6 heteroatoms. The molecule has 0 spiro atoms. The van der Waals surface area contributed by atoms with Gasteiger partial charge in [0.25, 0.3) is 5.91 Å². The van der Waals surface area contributed by atoms with Gasteiger partial charge in [0.2, 0.25) is 5.91 Å². The van der Waals surface area contributed by atoms with E-state index in [0.717, 1.165) is 5.56 Å². The Bertz CT molecular complexity index is 668. The molecular weight excluding hydrogens is 284 g/mol. The van der Waals surface area contributed by atoms with Crippen molar-refractivity contribution in [2.75, 3.05) is 13.1 Å². The van der Waals surface area contributed by atoms with Gasteiger partial charge in [-0.2, -0.15) is 0 Å². The number of carboxylic acid groups (broad SMARTS) is 1. The smallest absolute Gasteiger partial charge is 0.330 e. The first-order valence-electron chi connectivity index (χ1n) is 7.14. The van der Waals surface area contributed by atoms with Crippen molar-refractivity contribution in [1.82, 2.24) is 9.80 Å². The van der Waals surface area contributed by atoms with Crippen LogP contribution in [0.4, 0.5) is 0 Å². The van der Waals surface area contributed by atoms with Crippen LogP contribution in [0.15, 0.2) is 36.4 Å². The van der Waals surface area contributed by atoms with E-state index in [2.05, 4.69) is 0 Å². The van der Waals surface area contributed by atoms with Gasteiger partial charge in [0.15, 0.2) is 0 Å². The first kappa shape index (κ1) is 14.3. The minimum atomic E-state index is -1.04. The molecule has 2 amide bonds. The predicted molar refractivity (Wildman–Crippen MR) is 78.1 cm³/mol. The Morgan fingerprint density at radius 2 is 2.05 bits per heavy atom.